The summed E-state index contributed by atoms with van der Waals surface area (Å²) in [6.45, 7) is 5.15. The highest BCUT2D eigenvalue weighted by Crippen LogP contribution is 2.11. The molecule has 0 saturated heterocycles. The van der Waals surface area contributed by atoms with E-state index < -0.39 is 0 Å². The molecule has 0 aliphatic rings. The van der Waals surface area contributed by atoms with Gasteiger partial charge in [-0.1, -0.05) is 13.3 Å². The summed E-state index contributed by atoms with van der Waals surface area (Å²) < 4.78 is 2.17. The van der Waals surface area contributed by atoms with Crippen molar-refractivity contribution in [2.45, 2.75) is 33.2 Å². The van der Waals surface area contributed by atoms with E-state index in [2.05, 4.69) is 35.8 Å². The van der Waals surface area contributed by atoms with Crippen molar-refractivity contribution in [3.8, 4) is 0 Å². The van der Waals surface area contributed by atoms with Crippen molar-refractivity contribution >= 4 is 0 Å². The molecule has 3 heteroatoms. The minimum absolute atomic E-state index is 0.909. The van der Waals surface area contributed by atoms with Gasteiger partial charge in [-0.05, 0) is 20.4 Å². The number of imidazole rings is 1. The van der Waals surface area contributed by atoms with E-state index in [9.17, 15) is 0 Å². The zero-order chi connectivity index (χ0) is 9.84. The number of aromatic nitrogens is 2. The Balaban J connectivity index is 2.96. The Morgan fingerprint density at radius 2 is 2.15 bits per heavy atom. The minimum Gasteiger partial charge on any atom is -0.334 e. The Hall–Kier alpha value is -0.830. The number of nitrogens with zero attached hydrogens (tertiary/aromatic N) is 2. The lowest BCUT2D eigenvalue weighted by Crippen LogP contribution is -2.11. The van der Waals surface area contributed by atoms with Crippen molar-refractivity contribution in [1.29, 1.82) is 0 Å². The Labute approximate surface area is 80.2 Å². The average Bonchev–Trinajstić information content (AvgIpc) is 2.34. The van der Waals surface area contributed by atoms with Gasteiger partial charge in [0.05, 0.1) is 11.4 Å². The van der Waals surface area contributed by atoms with Crippen LogP contribution in [0.1, 0.15) is 30.6 Å². The third kappa shape index (κ3) is 2.10. The van der Waals surface area contributed by atoms with E-state index in [1.165, 1.54) is 11.4 Å². The van der Waals surface area contributed by atoms with Gasteiger partial charge in [-0.15, -0.1) is 0 Å². The van der Waals surface area contributed by atoms with Crippen LogP contribution in [0.5, 0.6) is 0 Å². The largest absolute Gasteiger partial charge is 0.334 e. The van der Waals surface area contributed by atoms with Gasteiger partial charge < -0.3 is 9.88 Å². The van der Waals surface area contributed by atoms with Gasteiger partial charge in [0.25, 0.3) is 0 Å². The van der Waals surface area contributed by atoms with Crippen molar-refractivity contribution in [3.05, 3.63) is 17.2 Å². The van der Waals surface area contributed by atoms with Gasteiger partial charge in [0.1, 0.15) is 5.82 Å². The molecule has 0 radical (unpaired) electrons. The fourth-order valence-corrected chi connectivity index (χ4v) is 1.55. The van der Waals surface area contributed by atoms with Crippen LogP contribution in [-0.2, 0) is 20.0 Å². The molecule has 0 spiro atoms. The summed E-state index contributed by atoms with van der Waals surface area (Å²) in [7, 11) is 4.05. The fraction of sp³-hybridized carbons (Fsp3) is 0.700. The van der Waals surface area contributed by atoms with Crippen molar-refractivity contribution in [2.24, 2.45) is 7.05 Å². The molecule has 0 aliphatic heterocycles. The summed E-state index contributed by atoms with van der Waals surface area (Å²) in [5, 5.41) is 3.18. The lowest BCUT2D eigenvalue weighted by molar-refractivity contribution is 0.709. The SMILES string of the molecule is CCCc1nc(C)n(C)c1CNC. The van der Waals surface area contributed by atoms with Crippen LogP contribution in [0.25, 0.3) is 0 Å². The van der Waals surface area contributed by atoms with Crippen molar-refractivity contribution in [1.82, 2.24) is 14.9 Å². The third-order valence-corrected chi connectivity index (χ3v) is 2.35. The van der Waals surface area contributed by atoms with Crippen LogP contribution < -0.4 is 5.32 Å². The van der Waals surface area contributed by atoms with Crippen LogP contribution in [0, 0.1) is 6.92 Å². The number of hydrogen-bond acceptors (Lipinski definition) is 2. The average molecular weight is 181 g/mol. The van der Waals surface area contributed by atoms with Crippen LogP contribution in [0.15, 0.2) is 0 Å². The summed E-state index contributed by atoms with van der Waals surface area (Å²) in [5.74, 6) is 1.11. The second-order valence-electron chi connectivity index (χ2n) is 3.39. The highest BCUT2D eigenvalue weighted by atomic mass is 15.1. The molecule has 0 saturated carbocycles. The van der Waals surface area contributed by atoms with E-state index in [0.717, 1.165) is 25.2 Å². The first kappa shape index (κ1) is 10.3. The predicted molar refractivity (Wildman–Crippen MR) is 54.7 cm³/mol. The number of nitrogens with one attached hydrogen (secondary N) is 1. The summed E-state index contributed by atoms with van der Waals surface area (Å²) >= 11 is 0. The molecule has 74 valence electrons. The molecule has 0 aromatic carbocycles. The first-order valence-corrected chi connectivity index (χ1v) is 4.86. The number of rotatable bonds is 4. The molecule has 1 rings (SSSR count). The van der Waals surface area contributed by atoms with Gasteiger partial charge in [0, 0.05) is 13.6 Å². The Bertz CT molecular complexity index is 276. The van der Waals surface area contributed by atoms with Gasteiger partial charge in [-0.3, -0.25) is 0 Å². The second-order valence-corrected chi connectivity index (χ2v) is 3.39. The van der Waals surface area contributed by atoms with Gasteiger partial charge >= 0.3 is 0 Å². The molecular weight excluding hydrogens is 162 g/mol. The molecule has 0 fully saturated rings. The summed E-state index contributed by atoms with van der Waals surface area (Å²) in [6, 6.07) is 0. The lowest BCUT2D eigenvalue weighted by atomic mass is 10.2. The van der Waals surface area contributed by atoms with E-state index in [1.54, 1.807) is 0 Å². The molecule has 1 aromatic heterocycles. The van der Waals surface area contributed by atoms with Crippen LogP contribution in [0.2, 0.25) is 0 Å². The van der Waals surface area contributed by atoms with Crippen LogP contribution >= 0.6 is 0 Å². The van der Waals surface area contributed by atoms with Crippen molar-refractivity contribution in [2.75, 3.05) is 7.05 Å². The standard InChI is InChI=1S/C10H19N3/c1-5-6-9-10(7-11-3)13(4)8(2)12-9/h11H,5-7H2,1-4H3. The monoisotopic (exact) mass is 181 g/mol. The molecule has 0 amide bonds. The summed E-state index contributed by atoms with van der Waals surface area (Å²) in [5.41, 5.74) is 2.57. The first-order valence-electron chi connectivity index (χ1n) is 4.86. The van der Waals surface area contributed by atoms with Crippen LogP contribution in [0.4, 0.5) is 0 Å². The highest BCUT2D eigenvalue weighted by molar-refractivity contribution is 5.16. The van der Waals surface area contributed by atoms with Crippen molar-refractivity contribution in [3.63, 3.8) is 0 Å². The molecule has 0 bridgehead atoms. The molecule has 0 unspecified atom stereocenters. The smallest absolute Gasteiger partial charge is 0.105 e. The summed E-state index contributed by atoms with van der Waals surface area (Å²) in [6.07, 6.45) is 2.24. The maximum absolute atomic E-state index is 4.54. The van der Waals surface area contributed by atoms with Gasteiger partial charge in [0.15, 0.2) is 0 Å². The maximum atomic E-state index is 4.54. The minimum atomic E-state index is 0.909. The molecular formula is C10H19N3. The van der Waals surface area contributed by atoms with Gasteiger partial charge in [-0.25, -0.2) is 4.98 Å². The Morgan fingerprint density at radius 1 is 1.46 bits per heavy atom. The van der Waals surface area contributed by atoms with E-state index >= 15 is 0 Å². The zero-order valence-electron chi connectivity index (χ0n) is 9.02. The molecule has 1 N–H and O–H groups in total. The molecule has 3 nitrogen and oxygen atoms in total. The van der Waals surface area contributed by atoms with E-state index in [0.29, 0.717) is 0 Å². The molecule has 13 heavy (non-hydrogen) atoms. The van der Waals surface area contributed by atoms with Crippen LogP contribution in [-0.4, -0.2) is 16.6 Å². The number of aryl methyl sites for hydroxylation is 2. The molecule has 0 aliphatic carbocycles. The maximum Gasteiger partial charge on any atom is 0.105 e. The zero-order valence-corrected chi connectivity index (χ0v) is 9.02. The fourth-order valence-electron chi connectivity index (χ4n) is 1.55. The first-order chi connectivity index (χ1) is 6.20. The quantitative estimate of drug-likeness (QED) is 0.761. The van der Waals surface area contributed by atoms with E-state index in [1.807, 2.05) is 7.05 Å². The lowest BCUT2D eigenvalue weighted by Gasteiger charge is -2.04. The number of hydrogen-bond donors (Lipinski definition) is 1. The topological polar surface area (TPSA) is 29.9 Å². The third-order valence-electron chi connectivity index (χ3n) is 2.35. The molecule has 1 aromatic rings. The van der Waals surface area contributed by atoms with Crippen LogP contribution in [0.3, 0.4) is 0 Å². The Morgan fingerprint density at radius 3 is 2.69 bits per heavy atom. The van der Waals surface area contributed by atoms with Crippen molar-refractivity contribution < 1.29 is 0 Å². The van der Waals surface area contributed by atoms with Gasteiger partial charge in [-0.2, -0.15) is 0 Å². The highest BCUT2D eigenvalue weighted by Gasteiger charge is 2.09. The van der Waals surface area contributed by atoms with E-state index in [4.69, 9.17) is 0 Å². The van der Waals surface area contributed by atoms with E-state index in [-0.39, 0.29) is 0 Å². The molecule has 0 atom stereocenters. The predicted octanol–water partition coefficient (Wildman–Crippen LogP) is 1.40. The second kappa shape index (κ2) is 4.42. The van der Waals surface area contributed by atoms with Gasteiger partial charge in [0.2, 0.25) is 0 Å². The summed E-state index contributed by atoms with van der Waals surface area (Å²) in [4.78, 5) is 4.54. The normalized spacial score (nSPS) is 10.8. The molecule has 1 heterocycles. The Kier molecular flexibility index (Phi) is 3.48.